The Morgan fingerprint density at radius 3 is 1.41 bits per heavy atom. The van der Waals surface area contributed by atoms with E-state index in [1.807, 2.05) is 0 Å². The molecule has 0 saturated heterocycles. The van der Waals surface area contributed by atoms with Gasteiger partial charge < -0.3 is 20.5 Å². The summed E-state index contributed by atoms with van der Waals surface area (Å²) in [6.07, 6.45) is -3.19. The summed E-state index contributed by atoms with van der Waals surface area (Å²) in [5, 5.41) is 1.40. The van der Waals surface area contributed by atoms with Crippen LogP contribution in [-0.2, 0) is 37.9 Å². The Morgan fingerprint density at radius 1 is 0.679 bits per heavy atom. The number of carbonyl (C=O) groups is 3. The number of halogens is 5. The van der Waals surface area contributed by atoms with Crippen LogP contribution in [0.1, 0.15) is 31.8 Å². The van der Waals surface area contributed by atoms with Gasteiger partial charge in [0.1, 0.15) is 23.1 Å². The Labute approximate surface area is 319 Å². The first kappa shape index (κ1) is 44.8. The Kier molecular flexibility index (Phi) is 15.1. The molecule has 0 spiro atoms. The Balaban J connectivity index is 0.000000307. The van der Waals surface area contributed by atoms with Crippen molar-refractivity contribution in [3.8, 4) is 11.5 Å². The second kappa shape index (κ2) is 18.8. The SMILES string of the molecule is COc1ccccc1N(Cc1ccc(C(=O)CN)cc1F)S(C)(=O)=O.COc1ccccc1N(Cc1ccc(C(=O)CNC(=O)C(F)(F)F)cc1F)S(C)(=O)=O. The van der Waals surface area contributed by atoms with Crippen LogP contribution in [0.4, 0.5) is 33.3 Å². The number of methoxy groups -OCH3 is 2. The van der Waals surface area contributed by atoms with E-state index < -0.39 is 68.4 Å². The Bertz CT molecular complexity index is 2290. The number of hydrogen-bond donors (Lipinski definition) is 2. The normalized spacial score (nSPS) is 11.5. The molecule has 0 aliphatic carbocycles. The van der Waals surface area contributed by atoms with Crippen molar-refractivity contribution in [3.05, 3.63) is 119 Å². The molecular formula is C36H37F5N4O9S2. The average molecular weight is 829 g/mol. The van der Waals surface area contributed by atoms with E-state index in [4.69, 9.17) is 15.2 Å². The Hall–Kier alpha value is -5.60. The lowest BCUT2D eigenvalue weighted by molar-refractivity contribution is -0.173. The minimum Gasteiger partial charge on any atom is -0.495 e. The number of sulfonamides is 2. The number of alkyl halides is 3. The lowest BCUT2D eigenvalue weighted by Crippen LogP contribution is -2.39. The van der Waals surface area contributed by atoms with Crippen LogP contribution in [0.25, 0.3) is 0 Å². The molecule has 0 heterocycles. The number of amides is 1. The van der Waals surface area contributed by atoms with Crippen LogP contribution in [0.15, 0.2) is 84.9 Å². The second-order valence-corrected chi connectivity index (χ2v) is 15.5. The molecule has 4 aromatic carbocycles. The standard InChI is InChI=1S/C19H18F4N2O5S.C17H19FN2O4S/c1-30-17-6-4-3-5-15(17)25(31(2,28)29)11-13-8-7-12(9-14(13)20)16(26)10-24-18(27)19(21,22)23;1-24-17-6-4-3-5-15(17)20(25(2,22)23)11-13-8-7-12(9-14(13)18)16(21)10-19/h3-9H,10-11H2,1-2H3,(H,24,27);3-9H,10-11,19H2,1-2H3. The van der Waals surface area contributed by atoms with Crippen molar-refractivity contribution in [3.63, 3.8) is 0 Å². The van der Waals surface area contributed by atoms with Crippen LogP contribution >= 0.6 is 0 Å². The fraction of sp³-hybridized carbons (Fsp3) is 0.250. The third-order valence-electron chi connectivity index (χ3n) is 7.74. The number of nitrogens with zero attached hydrogens (tertiary/aromatic N) is 2. The number of rotatable bonds is 15. The van der Waals surface area contributed by atoms with Crippen molar-refractivity contribution in [2.24, 2.45) is 5.73 Å². The smallest absolute Gasteiger partial charge is 0.471 e. The maximum atomic E-state index is 14.6. The molecular weight excluding hydrogens is 792 g/mol. The van der Waals surface area contributed by atoms with E-state index in [9.17, 15) is 53.2 Å². The van der Waals surface area contributed by atoms with E-state index in [1.54, 1.807) is 36.4 Å². The van der Waals surface area contributed by atoms with E-state index >= 15 is 0 Å². The summed E-state index contributed by atoms with van der Waals surface area (Å²) in [6.45, 7) is -1.87. The van der Waals surface area contributed by atoms with Crippen molar-refractivity contribution in [1.82, 2.24) is 5.32 Å². The zero-order valence-corrected chi connectivity index (χ0v) is 31.9. The van der Waals surface area contributed by atoms with Gasteiger partial charge in [-0.3, -0.25) is 23.0 Å². The van der Waals surface area contributed by atoms with Gasteiger partial charge in [0, 0.05) is 22.3 Å². The van der Waals surface area contributed by atoms with Gasteiger partial charge in [0.2, 0.25) is 20.0 Å². The molecule has 302 valence electrons. The topological polar surface area (TPSA) is 182 Å². The molecule has 4 rings (SSSR count). The number of benzene rings is 4. The molecule has 0 saturated carbocycles. The van der Waals surface area contributed by atoms with E-state index in [0.717, 1.165) is 45.4 Å². The largest absolute Gasteiger partial charge is 0.495 e. The van der Waals surface area contributed by atoms with Crippen LogP contribution in [0.2, 0.25) is 0 Å². The van der Waals surface area contributed by atoms with Crippen molar-refractivity contribution >= 4 is 48.9 Å². The molecule has 56 heavy (non-hydrogen) atoms. The number of ether oxygens (including phenoxy) is 2. The number of nitrogens with two attached hydrogens (primary N) is 1. The van der Waals surface area contributed by atoms with Gasteiger partial charge in [0.25, 0.3) is 0 Å². The molecule has 3 N–H and O–H groups in total. The molecule has 0 aliphatic heterocycles. The van der Waals surface area contributed by atoms with Crippen molar-refractivity contribution in [2.75, 3.05) is 48.4 Å². The number of nitrogens with one attached hydrogen (secondary N) is 1. The molecule has 0 atom stereocenters. The van der Waals surface area contributed by atoms with Gasteiger partial charge in [0.15, 0.2) is 11.6 Å². The molecule has 20 heteroatoms. The molecule has 0 fully saturated rings. The van der Waals surface area contributed by atoms with E-state index in [1.165, 1.54) is 43.8 Å². The van der Waals surface area contributed by atoms with E-state index in [2.05, 4.69) is 0 Å². The van der Waals surface area contributed by atoms with Gasteiger partial charge in [0.05, 0.1) is 64.3 Å². The highest BCUT2D eigenvalue weighted by Gasteiger charge is 2.38. The first-order valence-electron chi connectivity index (χ1n) is 16.0. The fourth-order valence-electron chi connectivity index (χ4n) is 4.92. The monoisotopic (exact) mass is 828 g/mol. The minimum absolute atomic E-state index is 0.0905. The van der Waals surface area contributed by atoms with Crippen molar-refractivity contribution in [1.29, 1.82) is 0 Å². The number of anilines is 2. The average Bonchev–Trinajstić information content (AvgIpc) is 3.14. The third-order valence-corrected chi connectivity index (χ3v) is 9.99. The van der Waals surface area contributed by atoms with Crippen LogP contribution in [0.3, 0.4) is 0 Å². The van der Waals surface area contributed by atoms with Crippen LogP contribution in [0, 0.1) is 11.6 Å². The third kappa shape index (κ3) is 11.9. The lowest BCUT2D eigenvalue weighted by Gasteiger charge is -2.24. The predicted molar refractivity (Wildman–Crippen MR) is 198 cm³/mol. The van der Waals surface area contributed by atoms with Gasteiger partial charge in [-0.25, -0.2) is 25.6 Å². The van der Waals surface area contributed by atoms with Crippen LogP contribution < -0.4 is 29.1 Å². The minimum atomic E-state index is -5.15. The molecule has 4 aromatic rings. The summed E-state index contributed by atoms with van der Waals surface area (Å²) in [5.74, 6) is -4.68. The zero-order chi connectivity index (χ0) is 42.0. The van der Waals surface area contributed by atoms with Gasteiger partial charge in [-0.05, 0) is 36.4 Å². The maximum absolute atomic E-state index is 14.6. The first-order valence-corrected chi connectivity index (χ1v) is 19.7. The Morgan fingerprint density at radius 2 is 1.07 bits per heavy atom. The zero-order valence-electron chi connectivity index (χ0n) is 30.3. The summed E-state index contributed by atoms with van der Waals surface area (Å²) < 4.78 is 127. The van der Waals surface area contributed by atoms with Crippen molar-refractivity contribution in [2.45, 2.75) is 19.3 Å². The number of para-hydroxylation sites is 4. The highest BCUT2D eigenvalue weighted by Crippen LogP contribution is 2.33. The molecule has 0 bridgehead atoms. The van der Waals surface area contributed by atoms with Gasteiger partial charge in [-0.15, -0.1) is 0 Å². The lowest BCUT2D eigenvalue weighted by atomic mass is 10.1. The van der Waals surface area contributed by atoms with Gasteiger partial charge in [-0.1, -0.05) is 48.5 Å². The van der Waals surface area contributed by atoms with Crippen LogP contribution in [-0.4, -0.2) is 80.3 Å². The van der Waals surface area contributed by atoms with Gasteiger partial charge in [-0.2, -0.15) is 13.2 Å². The molecule has 0 aromatic heterocycles. The first-order chi connectivity index (χ1) is 26.1. The summed E-state index contributed by atoms with van der Waals surface area (Å²) >= 11 is 0. The summed E-state index contributed by atoms with van der Waals surface area (Å²) in [4.78, 5) is 34.3. The highest BCUT2D eigenvalue weighted by atomic mass is 32.2. The summed E-state index contributed by atoms with van der Waals surface area (Å²) in [6, 6.07) is 19.7. The number of carbonyl (C=O) groups excluding carboxylic acids is 3. The number of ketones is 2. The molecule has 0 unspecified atom stereocenters. The molecule has 0 radical (unpaired) electrons. The van der Waals surface area contributed by atoms with E-state index in [-0.39, 0.29) is 46.8 Å². The molecule has 13 nitrogen and oxygen atoms in total. The number of Topliss-reactive ketones (excluding diaryl/α,β-unsaturated/α-hetero) is 2. The van der Waals surface area contributed by atoms with E-state index in [0.29, 0.717) is 11.4 Å². The maximum Gasteiger partial charge on any atom is 0.471 e. The molecule has 0 aliphatic rings. The summed E-state index contributed by atoms with van der Waals surface area (Å²) in [7, 11) is -4.79. The summed E-state index contributed by atoms with van der Waals surface area (Å²) in [5.41, 5.74) is 5.63. The highest BCUT2D eigenvalue weighted by molar-refractivity contribution is 7.92. The quantitative estimate of drug-likeness (QED) is 0.127. The predicted octanol–water partition coefficient (Wildman–Crippen LogP) is 4.60. The number of hydrogen-bond acceptors (Lipinski definition) is 10. The van der Waals surface area contributed by atoms with Crippen molar-refractivity contribution < 1.29 is 62.6 Å². The molecule has 1 amide bonds. The second-order valence-electron chi connectivity index (χ2n) is 11.7. The fourth-order valence-corrected chi connectivity index (χ4v) is 6.69. The van der Waals surface area contributed by atoms with Crippen LogP contribution in [0.5, 0.6) is 11.5 Å². The van der Waals surface area contributed by atoms with Gasteiger partial charge >= 0.3 is 12.1 Å².